The molecule has 0 aromatic heterocycles. The van der Waals surface area contributed by atoms with Crippen LogP contribution >= 0.6 is 0 Å². The van der Waals surface area contributed by atoms with Crippen molar-refractivity contribution in [3.63, 3.8) is 0 Å². The Kier molecular flexibility index (Phi) is 7.14. The third kappa shape index (κ3) is 5.16. The molecule has 28 heavy (non-hydrogen) atoms. The highest BCUT2D eigenvalue weighted by molar-refractivity contribution is 5.76. The van der Waals surface area contributed by atoms with E-state index in [0.717, 1.165) is 43.2 Å². The van der Waals surface area contributed by atoms with Crippen LogP contribution in [-0.4, -0.2) is 57.8 Å². The summed E-state index contributed by atoms with van der Waals surface area (Å²) in [7, 11) is 3.35. The van der Waals surface area contributed by atoms with Crippen molar-refractivity contribution in [3.8, 4) is 11.5 Å². The van der Waals surface area contributed by atoms with Crippen LogP contribution in [0.3, 0.4) is 0 Å². The van der Waals surface area contributed by atoms with Gasteiger partial charge in [0.15, 0.2) is 0 Å². The van der Waals surface area contributed by atoms with Crippen molar-refractivity contribution >= 4 is 11.6 Å². The largest absolute Gasteiger partial charge is 0.497 e. The van der Waals surface area contributed by atoms with Gasteiger partial charge in [-0.15, -0.1) is 0 Å². The van der Waals surface area contributed by atoms with E-state index in [2.05, 4.69) is 22.3 Å². The summed E-state index contributed by atoms with van der Waals surface area (Å²) in [6, 6.07) is 16.0. The molecular formula is C22H29N3O3. The molecule has 0 spiro atoms. The molecular weight excluding hydrogens is 354 g/mol. The average Bonchev–Trinajstić information content (AvgIpc) is 2.77. The molecule has 1 amide bonds. The van der Waals surface area contributed by atoms with Crippen molar-refractivity contribution in [1.29, 1.82) is 0 Å². The second kappa shape index (κ2) is 9.99. The van der Waals surface area contributed by atoms with Gasteiger partial charge in [-0.05, 0) is 30.3 Å². The van der Waals surface area contributed by atoms with Gasteiger partial charge < -0.3 is 24.6 Å². The van der Waals surface area contributed by atoms with E-state index in [-0.39, 0.29) is 5.91 Å². The first-order chi connectivity index (χ1) is 13.7. The first-order valence-corrected chi connectivity index (χ1v) is 9.70. The highest BCUT2D eigenvalue weighted by Crippen LogP contribution is 2.20. The van der Waals surface area contributed by atoms with Crippen LogP contribution in [0.1, 0.15) is 12.0 Å². The van der Waals surface area contributed by atoms with E-state index in [0.29, 0.717) is 19.5 Å². The van der Waals surface area contributed by atoms with Crippen molar-refractivity contribution in [2.45, 2.75) is 13.0 Å². The van der Waals surface area contributed by atoms with Gasteiger partial charge in [-0.3, -0.25) is 4.79 Å². The third-order valence-electron chi connectivity index (χ3n) is 5.09. The molecule has 2 aromatic carbocycles. The molecule has 2 aromatic rings. The number of carbonyl (C=O) groups excluding carboxylic acids is 1. The van der Waals surface area contributed by atoms with Crippen molar-refractivity contribution in [3.05, 3.63) is 54.1 Å². The second-order valence-electron chi connectivity index (χ2n) is 6.80. The maximum absolute atomic E-state index is 12.5. The Labute approximate surface area is 167 Å². The number of amides is 1. The number of nitrogens with one attached hydrogen (secondary N) is 1. The monoisotopic (exact) mass is 383 g/mol. The summed E-state index contributed by atoms with van der Waals surface area (Å²) in [5.74, 6) is 1.94. The Morgan fingerprint density at radius 1 is 0.964 bits per heavy atom. The lowest BCUT2D eigenvalue weighted by Crippen LogP contribution is -2.49. The first-order valence-electron chi connectivity index (χ1n) is 9.70. The Hall–Kier alpha value is -2.73. The molecule has 6 nitrogen and oxygen atoms in total. The van der Waals surface area contributed by atoms with Gasteiger partial charge in [0, 0.05) is 56.9 Å². The molecule has 0 saturated carbocycles. The zero-order valence-corrected chi connectivity index (χ0v) is 16.7. The summed E-state index contributed by atoms with van der Waals surface area (Å²) >= 11 is 0. The minimum absolute atomic E-state index is 0.210. The van der Waals surface area contributed by atoms with Gasteiger partial charge in [-0.25, -0.2) is 0 Å². The second-order valence-corrected chi connectivity index (χ2v) is 6.80. The number of ether oxygens (including phenoxy) is 2. The van der Waals surface area contributed by atoms with Gasteiger partial charge >= 0.3 is 0 Å². The molecule has 1 heterocycles. The van der Waals surface area contributed by atoms with Gasteiger partial charge in [0.25, 0.3) is 0 Å². The molecule has 150 valence electrons. The predicted octanol–water partition coefficient (Wildman–Crippen LogP) is 2.53. The number of hydrogen-bond acceptors (Lipinski definition) is 5. The highest BCUT2D eigenvalue weighted by Gasteiger charge is 2.20. The fraction of sp³-hybridized carbons (Fsp3) is 0.409. The van der Waals surface area contributed by atoms with E-state index in [1.165, 1.54) is 5.69 Å². The molecule has 6 heteroatoms. The summed E-state index contributed by atoms with van der Waals surface area (Å²) < 4.78 is 10.6. The van der Waals surface area contributed by atoms with Crippen LogP contribution in [0, 0.1) is 0 Å². The first kappa shape index (κ1) is 20.0. The lowest BCUT2D eigenvalue weighted by Gasteiger charge is -2.36. The smallest absolute Gasteiger partial charge is 0.223 e. The molecule has 3 rings (SSSR count). The van der Waals surface area contributed by atoms with E-state index >= 15 is 0 Å². The van der Waals surface area contributed by atoms with E-state index < -0.39 is 0 Å². The zero-order valence-electron chi connectivity index (χ0n) is 16.7. The Balaban J connectivity index is 1.39. The van der Waals surface area contributed by atoms with Gasteiger partial charge in [0.2, 0.25) is 5.91 Å². The van der Waals surface area contributed by atoms with Gasteiger partial charge in [-0.2, -0.15) is 0 Å². The zero-order chi connectivity index (χ0) is 19.8. The average molecular weight is 383 g/mol. The van der Waals surface area contributed by atoms with Crippen LogP contribution in [0.2, 0.25) is 0 Å². The Morgan fingerprint density at radius 2 is 1.68 bits per heavy atom. The highest BCUT2D eigenvalue weighted by atomic mass is 16.5. The number of benzene rings is 2. The van der Waals surface area contributed by atoms with E-state index in [4.69, 9.17) is 9.47 Å². The summed E-state index contributed by atoms with van der Waals surface area (Å²) in [6.45, 7) is 4.59. The molecule has 0 unspecified atom stereocenters. The Morgan fingerprint density at radius 3 is 2.36 bits per heavy atom. The minimum Gasteiger partial charge on any atom is -0.497 e. The fourth-order valence-electron chi connectivity index (χ4n) is 3.43. The summed E-state index contributed by atoms with van der Waals surface area (Å²) in [4.78, 5) is 16.8. The van der Waals surface area contributed by atoms with Crippen LogP contribution in [0.15, 0.2) is 48.5 Å². The van der Waals surface area contributed by atoms with Gasteiger partial charge in [0.05, 0.1) is 14.2 Å². The van der Waals surface area contributed by atoms with E-state index in [9.17, 15) is 4.79 Å². The van der Waals surface area contributed by atoms with Gasteiger partial charge in [-0.1, -0.05) is 18.2 Å². The van der Waals surface area contributed by atoms with Crippen LogP contribution in [0.5, 0.6) is 11.5 Å². The number of carbonyl (C=O) groups is 1. The number of anilines is 1. The summed E-state index contributed by atoms with van der Waals surface area (Å²) in [5, 5.41) is 3.34. The van der Waals surface area contributed by atoms with E-state index in [1.54, 1.807) is 14.2 Å². The van der Waals surface area contributed by atoms with Crippen LogP contribution in [-0.2, 0) is 11.3 Å². The molecule has 1 N–H and O–H groups in total. The number of piperazine rings is 1. The van der Waals surface area contributed by atoms with Crippen molar-refractivity contribution in [2.24, 2.45) is 0 Å². The van der Waals surface area contributed by atoms with Crippen LogP contribution in [0.25, 0.3) is 0 Å². The normalized spacial score (nSPS) is 14.1. The molecule has 0 aliphatic carbocycles. The molecule has 0 atom stereocenters. The van der Waals surface area contributed by atoms with Crippen LogP contribution in [0.4, 0.5) is 5.69 Å². The number of methoxy groups -OCH3 is 2. The Bertz CT molecular complexity index is 756. The quantitative estimate of drug-likeness (QED) is 0.710. The maximum Gasteiger partial charge on any atom is 0.223 e. The fourth-order valence-corrected chi connectivity index (χ4v) is 3.43. The predicted molar refractivity (Wildman–Crippen MR) is 111 cm³/mol. The number of hydrogen-bond donors (Lipinski definition) is 1. The molecule has 0 radical (unpaired) electrons. The van der Waals surface area contributed by atoms with Crippen LogP contribution < -0.4 is 19.7 Å². The summed E-state index contributed by atoms with van der Waals surface area (Å²) in [6.07, 6.45) is 0.512. The molecule has 1 aliphatic heterocycles. The summed E-state index contributed by atoms with van der Waals surface area (Å²) in [5.41, 5.74) is 2.27. The topological polar surface area (TPSA) is 54.0 Å². The third-order valence-corrected chi connectivity index (χ3v) is 5.09. The standard InChI is InChI=1S/C22H29N3O3/c1-27-20-9-7-19(8-10-20)24-13-15-25(16-14-24)22(26)11-12-23-17-18-5-3-4-6-21(18)28-2/h3-10,23H,11-17H2,1-2H3. The number of rotatable bonds is 8. The van der Waals surface area contributed by atoms with E-state index in [1.807, 2.05) is 41.3 Å². The SMILES string of the molecule is COc1ccc(N2CCN(C(=O)CCNCc3ccccc3OC)CC2)cc1. The molecule has 1 saturated heterocycles. The maximum atomic E-state index is 12.5. The molecule has 1 fully saturated rings. The lowest BCUT2D eigenvalue weighted by atomic mass is 10.2. The lowest BCUT2D eigenvalue weighted by molar-refractivity contribution is -0.131. The van der Waals surface area contributed by atoms with Crippen molar-refractivity contribution < 1.29 is 14.3 Å². The minimum atomic E-state index is 0.210. The van der Waals surface area contributed by atoms with Crippen molar-refractivity contribution in [2.75, 3.05) is 51.8 Å². The molecule has 1 aliphatic rings. The van der Waals surface area contributed by atoms with Crippen molar-refractivity contribution in [1.82, 2.24) is 10.2 Å². The van der Waals surface area contributed by atoms with Gasteiger partial charge in [0.1, 0.15) is 11.5 Å². The number of para-hydroxylation sites is 1. The number of nitrogens with zero attached hydrogens (tertiary/aromatic N) is 2. The molecule has 0 bridgehead atoms.